The lowest BCUT2D eigenvalue weighted by molar-refractivity contribution is -0.00754. The van der Waals surface area contributed by atoms with Gasteiger partial charge in [-0.25, -0.2) is 0 Å². The van der Waals surface area contributed by atoms with Crippen LogP contribution in [0.3, 0.4) is 0 Å². The van der Waals surface area contributed by atoms with Gasteiger partial charge in [-0.2, -0.15) is 4.98 Å². The first kappa shape index (κ1) is 20.8. The molecule has 0 unspecified atom stereocenters. The Hall–Kier alpha value is -4.04. The second-order valence-electron chi connectivity index (χ2n) is 8.19. The number of hydrogen-bond donors (Lipinski definition) is 1. The first-order valence-electron chi connectivity index (χ1n) is 10.6. The van der Waals surface area contributed by atoms with E-state index in [1.807, 2.05) is 48.5 Å². The fourth-order valence-electron chi connectivity index (χ4n) is 3.82. The van der Waals surface area contributed by atoms with Crippen LogP contribution in [0.4, 0.5) is 0 Å². The zero-order valence-corrected chi connectivity index (χ0v) is 18.0. The van der Waals surface area contributed by atoms with E-state index in [-0.39, 0.29) is 18.3 Å². The second kappa shape index (κ2) is 8.48. The lowest BCUT2D eigenvalue weighted by atomic mass is 10.1. The summed E-state index contributed by atoms with van der Waals surface area (Å²) in [5.41, 5.74) is 1.74. The molecule has 1 aliphatic heterocycles. The van der Waals surface area contributed by atoms with Gasteiger partial charge < -0.3 is 19.3 Å². The highest BCUT2D eigenvalue weighted by Gasteiger charge is 2.37. The average molecular weight is 442 g/mol. The van der Waals surface area contributed by atoms with Crippen LogP contribution in [0.5, 0.6) is 5.75 Å². The molecule has 5 rings (SSSR count). The third kappa shape index (κ3) is 4.33. The van der Waals surface area contributed by atoms with Gasteiger partial charge in [0.15, 0.2) is 5.60 Å². The molecule has 1 aliphatic rings. The van der Waals surface area contributed by atoms with Crippen molar-refractivity contribution in [3.63, 3.8) is 0 Å². The molecular weight excluding hydrogens is 420 g/mol. The molecule has 2 aromatic heterocycles. The molecule has 4 aromatic rings. The van der Waals surface area contributed by atoms with Crippen molar-refractivity contribution in [1.29, 1.82) is 0 Å². The zero-order chi connectivity index (χ0) is 22.8. The Balaban J connectivity index is 1.29. The van der Waals surface area contributed by atoms with E-state index in [1.165, 1.54) is 0 Å². The number of benzene rings is 2. The van der Waals surface area contributed by atoms with E-state index >= 15 is 0 Å². The van der Waals surface area contributed by atoms with Gasteiger partial charge in [-0.3, -0.25) is 9.78 Å². The summed E-state index contributed by atoms with van der Waals surface area (Å²) in [6.45, 7) is 2.42. The quantitative estimate of drug-likeness (QED) is 0.467. The van der Waals surface area contributed by atoms with Crippen LogP contribution in [-0.2, 0) is 18.8 Å². The number of aliphatic hydroxyl groups is 1. The molecule has 0 spiro atoms. The van der Waals surface area contributed by atoms with Gasteiger partial charge in [0, 0.05) is 35.6 Å². The number of ether oxygens (including phenoxy) is 1. The van der Waals surface area contributed by atoms with Crippen LogP contribution < -0.4 is 4.74 Å². The lowest BCUT2D eigenvalue weighted by Crippen LogP contribution is -2.39. The smallest absolute Gasteiger partial charge is 0.260 e. The maximum atomic E-state index is 12.7. The second-order valence-corrected chi connectivity index (χ2v) is 8.19. The number of nitrogens with zero attached hydrogens (tertiary/aromatic N) is 4. The van der Waals surface area contributed by atoms with Crippen LogP contribution >= 0.6 is 0 Å². The maximum Gasteiger partial charge on any atom is 0.260 e. The molecule has 2 aromatic carbocycles. The molecule has 33 heavy (non-hydrogen) atoms. The topological polar surface area (TPSA) is 102 Å². The lowest BCUT2D eigenvalue weighted by Gasteiger charge is -2.25. The molecule has 0 saturated heterocycles. The number of rotatable bonds is 7. The van der Waals surface area contributed by atoms with E-state index in [0.29, 0.717) is 35.9 Å². The molecule has 8 heteroatoms. The van der Waals surface area contributed by atoms with Gasteiger partial charge in [-0.15, -0.1) is 0 Å². The number of aromatic nitrogens is 3. The molecule has 0 aliphatic carbocycles. The first-order chi connectivity index (χ1) is 16.0. The summed E-state index contributed by atoms with van der Waals surface area (Å²) in [7, 11) is 0. The minimum atomic E-state index is -1.50. The SMILES string of the molecule is C[C@@](O)(CN1Cc2ccccc2C1=O)c1nc(-c2cccc(OCc3cccnc3)c2)no1. The van der Waals surface area contributed by atoms with E-state index in [1.54, 1.807) is 36.4 Å². The zero-order valence-electron chi connectivity index (χ0n) is 18.0. The molecule has 166 valence electrons. The Kier molecular flexibility index (Phi) is 5.35. The van der Waals surface area contributed by atoms with Crippen molar-refractivity contribution in [2.24, 2.45) is 0 Å². The number of pyridine rings is 1. The van der Waals surface area contributed by atoms with Crippen molar-refractivity contribution in [2.75, 3.05) is 6.54 Å². The summed E-state index contributed by atoms with van der Waals surface area (Å²) in [6.07, 6.45) is 3.46. The summed E-state index contributed by atoms with van der Waals surface area (Å²) >= 11 is 0. The van der Waals surface area contributed by atoms with Crippen molar-refractivity contribution in [2.45, 2.75) is 25.7 Å². The molecule has 0 bridgehead atoms. The summed E-state index contributed by atoms with van der Waals surface area (Å²) in [4.78, 5) is 22.7. The van der Waals surface area contributed by atoms with Crippen LogP contribution in [0.25, 0.3) is 11.4 Å². The predicted molar refractivity (Wildman–Crippen MR) is 119 cm³/mol. The Bertz CT molecular complexity index is 1290. The molecule has 0 radical (unpaired) electrons. The van der Waals surface area contributed by atoms with Crippen molar-refractivity contribution in [3.05, 3.63) is 95.6 Å². The van der Waals surface area contributed by atoms with Gasteiger partial charge >= 0.3 is 0 Å². The molecule has 1 atom stereocenters. The summed E-state index contributed by atoms with van der Waals surface area (Å²) < 4.78 is 11.2. The highest BCUT2D eigenvalue weighted by molar-refractivity contribution is 5.98. The molecule has 3 heterocycles. The van der Waals surface area contributed by atoms with E-state index in [2.05, 4.69) is 15.1 Å². The van der Waals surface area contributed by atoms with Gasteiger partial charge in [0.25, 0.3) is 11.8 Å². The minimum Gasteiger partial charge on any atom is -0.489 e. The third-order valence-corrected chi connectivity index (χ3v) is 5.50. The number of hydrogen-bond acceptors (Lipinski definition) is 7. The molecular formula is C25H22N4O4. The highest BCUT2D eigenvalue weighted by Crippen LogP contribution is 2.29. The highest BCUT2D eigenvalue weighted by atomic mass is 16.5. The number of carbonyl (C=O) groups excluding carboxylic acids is 1. The first-order valence-corrected chi connectivity index (χ1v) is 10.6. The Labute approximate surface area is 190 Å². The van der Waals surface area contributed by atoms with Crippen LogP contribution in [0, 0.1) is 0 Å². The van der Waals surface area contributed by atoms with Gasteiger partial charge in [0.2, 0.25) is 5.82 Å². The molecule has 0 saturated carbocycles. The predicted octanol–water partition coefficient (Wildman–Crippen LogP) is 3.57. The fourth-order valence-corrected chi connectivity index (χ4v) is 3.82. The Morgan fingerprint density at radius 1 is 1.15 bits per heavy atom. The molecule has 8 nitrogen and oxygen atoms in total. The van der Waals surface area contributed by atoms with Crippen molar-refractivity contribution >= 4 is 5.91 Å². The summed E-state index contributed by atoms with van der Waals surface area (Å²) in [5, 5.41) is 15.1. The maximum absolute atomic E-state index is 12.7. The van der Waals surface area contributed by atoms with Crippen LogP contribution in [0.15, 0.2) is 77.6 Å². The van der Waals surface area contributed by atoms with E-state index in [4.69, 9.17) is 9.26 Å². The number of β-amino-alcohol motifs (C(OH)–C–C–N with tert-alkyl or cyclic N) is 1. The average Bonchev–Trinajstić information content (AvgIpc) is 3.45. The number of fused-ring (bicyclic) bond motifs is 1. The van der Waals surface area contributed by atoms with E-state index in [0.717, 1.165) is 11.1 Å². The van der Waals surface area contributed by atoms with Gasteiger partial charge in [-0.05, 0) is 36.8 Å². The van der Waals surface area contributed by atoms with Crippen LogP contribution in [0.1, 0.15) is 34.3 Å². The van der Waals surface area contributed by atoms with Gasteiger partial charge in [-0.1, -0.05) is 41.6 Å². The Morgan fingerprint density at radius 2 is 2.03 bits per heavy atom. The van der Waals surface area contributed by atoms with Crippen molar-refractivity contribution < 1.29 is 19.2 Å². The fraction of sp³-hybridized carbons (Fsp3) is 0.200. The van der Waals surface area contributed by atoms with Crippen LogP contribution in [0.2, 0.25) is 0 Å². The van der Waals surface area contributed by atoms with Crippen molar-refractivity contribution in [1.82, 2.24) is 20.0 Å². The molecule has 1 amide bonds. The summed E-state index contributed by atoms with van der Waals surface area (Å²) in [5.74, 6) is 0.898. The van der Waals surface area contributed by atoms with Crippen molar-refractivity contribution in [3.8, 4) is 17.1 Å². The van der Waals surface area contributed by atoms with Crippen LogP contribution in [-0.4, -0.2) is 37.6 Å². The van der Waals surface area contributed by atoms with E-state index in [9.17, 15) is 9.90 Å². The monoisotopic (exact) mass is 442 g/mol. The normalized spacial score (nSPS) is 14.7. The van der Waals surface area contributed by atoms with E-state index < -0.39 is 5.60 Å². The largest absolute Gasteiger partial charge is 0.489 e. The standard InChI is InChI=1S/C25H22N4O4/c1-25(31,16-29-14-19-7-2-3-10-21(19)23(29)30)24-27-22(28-33-24)18-8-4-9-20(12-18)32-15-17-6-5-11-26-13-17/h2-13,31H,14-16H2,1H3/t25-/m1/s1. The summed E-state index contributed by atoms with van der Waals surface area (Å²) in [6, 6.07) is 18.5. The number of amides is 1. The minimum absolute atomic E-state index is 0.0381. The molecule has 1 N–H and O–H groups in total. The van der Waals surface area contributed by atoms with Gasteiger partial charge in [0.05, 0.1) is 6.54 Å². The Morgan fingerprint density at radius 3 is 2.85 bits per heavy atom. The third-order valence-electron chi connectivity index (χ3n) is 5.50. The number of carbonyl (C=O) groups is 1. The van der Waals surface area contributed by atoms with Gasteiger partial charge in [0.1, 0.15) is 12.4 Å². The molecule has 0 fully saturated rings.